The largest absolute Gasteiger partial charge is 0.450 e. The number of ether oxygens (including phenoxy) is 1. The van der Waals surface area contributed by atoms with Crippen LogP contribution in [0.5, 0.6) is 0 Å². The summed E-state index contributed by atoms with van der Waals surface area (Å²) in [5.41, 5.74) is 0.961. The fraction of sp³-hybridized carbons (Fsp3) is 0.273. The third kappa shape index (κ3) is 1.81. The molecule has 0 bridgehead atoms. The Labute approximate surface area is 95.8 Å². The Hall–Kier alpha value is -1.41. The van der Waals surface area contributed by atoms with Crippen molar-refractivity contribution in [1.29, 1.82) is 0 Å². The van der Waals surface area contributed by atoms with Crippen molar-refractivity contribution in [3.8, 4) is 0 Å². The molecule has 4 nitrogen and oxygen atoms in total. The Kier molecular flexibility index (Phi) is 2.92. The van der Waals surface area contributed by atoms with Gasteiger partial charge in [0.15, 0.2) is 0 Å². The van der Waals surface area contributed by atoms with Crippen LogP contribution >= 0.6 is 9.39 Å². The Bertz CT molecular complexity index is 420. The highest BCUT2D eigenvalue weighted by Gasteiger charge is 2.48. The van der Waals surface area contributed by atoms with Gasteiger partial charge in [-0.2, -0.15) is 0 Å². The molecule has 1 aromatic carbocycles. The molecule has 0 radical (unpaired) electrons. The maximum atomic E-state index is 11.5. The molecule has 1 aromatic rings. The van der Waals surface area contributed by atoms with Crippen LogP contribution in [0.4, 0.5) is 0 Å². The van der Waals surface area contributed by atoms with Crippen molar-refractivity contribution >= 4 is 21.3 Å². The van der Waals surface area contributed by atoms with E-state index in [2.05, 4.69) is 9.39 Å². The fourth-order valence-electron chi connectivity index (χ4n) is 1.76. The van der Waals surface area contributed by atoms with Crippen LogP contribution < -0.4 is 0 Å². The van der Waals surface area contributed by atoms with Gasteiger partial charge < -0.3 is 9.41 Å². The molecule has 1 fully saturated rings. The van der Waals surface area contributed by atoms with Gasteiger partial charge in [0, 0.05) is 6.92 Å². The number of β-lactam (4-membered cyclic amide) rings is 1. The van der Waals surface area contributed by atoms with Crippen LogP contribution in [0.3, 0.4) is 0 Å². The number of benzene rings is 1. The van der Waals surface area contributed by atoms with E-state index in [0.717, 1.165) is 5.56 Å². The summed E-state index contributed by atoms with van der Waals surface area (Å²) < 4.78 is 6.50. The molecule has 1 heterocycles. The van der Waals surface area contributed by atoms with Crippen molar-refractivity contribution < 1.29 is 14.3 Å². The first-order valence-electron chi connectivity index (χ1n) is 4.91. The van der Waals surface area contributed by atoms with Gasteiger partial charge in [0.1, 0.15) is 6.04 Å². The lowest BCUT2D eigenvalue weighted by Crippen LogP contribution is -2.55. The number of rotatable bonds is 2. The molecule has 0 N–H and O–H groups in total. The molecule has 1 saturated heterocycles. The van der Waals surface area contributed by atoms with Crippen molar-refractivity contribution in [2.24, 2.45) is 0 Å². The van der Waals surface area contributed by atoms with Crippen LogP contribution in [0, 0.1) is 0 Å². The van der Waals surface area contributed by atoms with Crippen LogP contribution in [0.25, 0.3) is 0 Å². The van der Waals surface area contributed by atoms with E-state index in [0.29, 0.717) is 0 Å². The SMILES string of the molecule is CC(=O)O[C@H]1C(=O)N(P)[C@H]1c1ccccc1. The van der Waals surface area contributed by atoms with Gasteiger partial charge >= 0.3 is 5.97 Å². The van der Waals surface area contributed by atoms with Gasteiger partial charge in [0.05, 0.1) is 0 Å². The van der Waals surface area contributed by atoms with Crippen LogP contribution in [0.2, 0.25) is 0 Å². The van der Waals surface area contributed by atoms with Crippen molar-refractivity contribution in [3.05, 3.63) is 35.9 Å². The summed E-state index contributed by atoms with van der Waals surface area (Å²) >= 11 is 0. The number of hydrogen-bond acceptors (Lipinski definition) is 3. The topological polar surface area (TPSA) is 46.6 Å². The molecule has 1 unspecified atom stereocenters. The predicted molar refractivity (Wildman–Crippen MR) is 61.3 cm³/mol. The van der Waals surface area contributed by atoms with Gasteiger partial charge in [-0.15, -0.1) is 0 Å². The molecule has 16 heavy (non-hydrogen) atoms. The van der Waals surface area contributed by atoms with Crippen LogP contribution in [0.15, 0.2) is 30.3 Å². The van der Waals surface area contributed by atoms with Gasteiger partial charge in [-0.25, -0.2) is 0 Å². The normalized spacial score (nSPS) is 23.9. The van der Waals surface area contributed by atoms with E-state index >= 15 is 0 Å². The zero-order valence-electron chi connectivity index (χ0n) is 8.79. The monoisotopic (exact) mass is 237 g/mol. The summed E-state index contributed by atoms with van der Waals surface area (Å²) in [5, 5.41) is 0. The molecular weight excluding hydrogens is 225 g/mol. The number of nitrogens with zero attached hydrogens (tertiary/aromatic N) is 1. The van der Waals surface area contributed by atoms with E-state index in [-0.39, 0.29) is 11.9 Å². The Morgan fingerprint density at radius 2 is 2.00 bits per heavy atom. The maximum absolute atomic E-state index is 11.5. The first-order valence-corrected chi connectivity index (χ1v) is 5.43. The Balaban J connectivity index is 2.20. The van der Waals surface area contributed by atoms with Gasteiger partial charge in [0.25, 0.3) is 5.91 Å². The number of amides is 1. The summed E-state index contributed by atoms with van der Waals surface area (Å²) in [7, 11) is 2.35. The quantitative estimate of drug-likeness (QED) is 0.442. The van der Waals surface area contributed by atoms with E-state index in [1.54, 1.807) is 0 Å². The lowest BCUT2D eigenvalue weighted by Gasteiger charge is -2.43. The van der Waals surface area contributed by atoms with E-state index in [4.69, 9.17) is 4.74 Å². The maximum Gasteiger partial charge on any atom is 0.303 e. The molecule has 1 aliphatic heterocycles. The van der Waals surface area contributed by atoms with Crippen molar-refractivity contribution in [1.82, 2.24) is 4.67 Å². The summed E-state index contributed by atoms with van der Waals surface area (Å²) in [6.07, 6.45) is -0.683. The van der Waals surface area contributed by atoms with Crippen molar-refractivity contribution in [2.45, 2.75) is 19.1 Å². The second-order valence-electron chi connectivity index (χ2n) is 3.63. The molecule has 0 aromatic heterocycles. The van der Waals surface area contributed by atoms with Gasteiger partial charge in [-0.1, -0.05) is 30.3 Å². The smallest absolute Gasteiger partial charge is 0.303 e. The van der Waals surface area contributed by atoms with Gasteiger partial charge in [-0.3, -0.25) is 9.59 Å². The van der Waals surface area contributed by atoms with Crippen LogP contribution in [-0.4, -0.2) is 22.7 Å². The second-order valence-corrected chi connectivity index (χ2v) is 4.19. The molecule has 0 saturated carbocycles. The van der Waals surface area contributed by atoms with Crippen molar-refractivity contribution in [2.75, 3.05) is 0 Å². The highest BCUT2D eigenvalue weighted by Crippen LogP contribution is 2.39. The zero-order chi connectivity index (χ0) is 11.7. The Morgan fingerprint density at radius 3 is 2.56 bits per heavy atom. The molecule has 1 amide bonds. The summed E-state index contributed by atoms with van der Waals surface area (Å²) in [4.78, 5) is 22.4. The third-order valence-corrected chi connectivity index (χ3v) is 3.09. The van der Waals surface area contributed by atoms with Crippen LogP contribution in [-0.2, 0) is 14.3 Å². The summed E-state index contributed by atoms with van der Waals surface area (Å²) in [5.74, 6) is -0.619. The zero-order valence-corrected chi connectivity index (χ0v) is 9.95. The Morgan fingerprint density at radius 1 is 1.38 bits per heavy atom. The first-order chi connectivity index (χ1) is 7.61. The number of carbonyl (C=O) groups is 2. The van der Waals surface area contributed by atoms with E-state index in [1.165, 1.54) is 11.6 Å². The minimum Gasteiger partial charge on any atom is -0.450 e. The standard InChI is InChI=1S/C11H12NO3P/c1-7(13)15-10-9(12(16)11(10)14)8-5-3-2-4-6-8/h2-6,9-10H,16H2,1H3/t9-,10+/m0/s1. The molecule has 0 spiro atoms. The summed E-state index contributed by atoms with van der Waals surface area (Å²) in [6, 6.07) is 9.30. The fourth-order valence-corrected chi connectivity index (χ4v) is 2.24. The molecular formula is C11H12NO3P. The molecule has 0 aliphatic carbocycles. The van der Waals surface area contributed by atoms with Gasteiger partial charge in [0.2, 0.25) is 6.10 Å². The average molecular weight is 237 g/mol. The highest BCUT2D eigenvalue weighted by atomic mass is 31.0. The minimum atomic E-state index is -0.683. The number of hydrogen-bond donors (Lipinski definition) is 0. The average Bonchev–Trinajstić information content (AvgIpc) is 2.29. The van der Waals surface area contributed by atoms with Gasteiger partial charge in [-0.05, 0) is 15.0 Å². The second kappa shape index (κ2) is 4.22. The molecule has 3 atom stereocenters. The minimum absolute atomic E-state index is 0.186. The van der Waals surface area contributed by atoms with E-state index in [1.807, 2.05) is 30.3 Å². The van der Waals surface area contributed by atoms with Crippen LogP contribution in [0.1, 0.15) is 18.5 Å². The third-order valence-electron chi connectivity index (χ3n) is 2.52. The summed E-state index contributed by atoms with van der Waals surface area (Å²) in [6.45, 7) is 1.31. The first kappa shape index (κ1) is 11.1. The number of esters is 1. The van der Waals surface area contributed by atoms with Crippen molar-refractivity contribution in [3.63, 3.8) is 0 Å². The molecule has 2 rings (SSSR count). The lowest BCUT2D eigenvalue weighted by molar-refractivity contribution is -0.173. The lowest BCUT2D eigenvalue weighted by atomic mass is 9.94. The van der Waals surface area contributed by atoms with E-state index < -0.39 is 12.1 Å². The predicted octanol–water partition coefficient (Wildman–Crippen LogP) is 1.29. The molecule has 84 valence electrons. The highest BCUT2D eigenvalue weighted by molar-refractivity contribution is 7.15. The van der Waals surface area contributed by atoms with E-state index in [9.17, 15) is 9.59 Å². The molecule has 5 heteroatoms. The number of carbonyl (C=O) groups excluding carboxylic acids is 2. The molecule has 1 aliphatic rings.